The Morgan fingerprint density at radius 3 is 2.11 bits per heavy atom. The molecule has 4 aromatic carbocycles. The summed E-state index contributed by atoms with van der Waals surface area (Å²) in [5.74, 6) is -0.804. The highest BCUT2D eigenvalue weighted by atomic mass is 16.5. The molecule has 5 aromatic rings. The smallest absolute Gasteiger partial charge is 0.326 e. The molecule has 1 amide bonds. The Balaban J connectivity index is 1.21. The number of carboxylic acid groups (broad SMARTS) is 1. The maximum Gasteiger partial charge on any atom is 0.326 e. The van der Waals surface area contributed by atoms with E-state index in [-0.39, 0.29) is 24.7 Å². The van der Waals surface area contributed by atoms with Crippen molar-refractivity contribution in [3.63, 3.8) is 0 Å². The van der Waals surface area contributed by atoms with Crippen molar-refractivity contribution in [2.24, 2.45) is 0 Å². The van der Waals surface area contributed by atoms with Gasteiger partial charge in [0.1, 0.15) is 24.1 Å². The van der Waals surface area contributed by atoms with Gasteiger partial charge in [0, 0.05) is 36.0 Å². The summed E-state index contributed by atoms with van der Waals surface area (Å²) in [6, 6.07) is 37.0. The van der Waals surface area contributed by atoms with E-state index in [1.54, 1.807) is 90.0 Å². The summed E-state index contributed by atoms with van der Waals surface area (Å²) in [4.78, 5) is 44.4. The summed E-state index contributed by atoms with van der Waals surface area (Å²) in [6.45, 7) is 1.02. The SMILES string of the molecule is O=C(c1ccccc1)c1ccccc1N[C@@H](Cc1ccc(OCCN(Cc2ccccc2)C(=O)c2ccccn2)cc1)C(=O)O. The van der Waals surface area contributed by atoms with E-state index in [0.29, 0.717) is 41.3 Å². The predicted molar refractivity (Wildman–Crippen MR) is 172 cm³/mol. The first-order chi connectivity index (χ1) is 22.0. The Hall–Kier alpha value is -5.76. The van der Waals surface area contributed by atoms with Crippen LogP contribution in [0.3, 0.4) is 0 Å². The zero-order valence-electron chi connectivity index (χ0n) is 24.6. The molecule has 1 aromatic heterocycles. The lowest BCUT2D eigenvalue weighted by Gasteiger charge is -2.23. The van der Waals surface area contributed by atoms with Crippen LogP contribution in [0.2, 0.25) is 0 Å². The third-order valence-electron chi connectivity index (χ3n) is 7.22. The van der Waals surface area contributed by atoms with Crippen molar-refractivity contribution in [1.82, 2.24) is 9.88 Å². The average molecular weight is 600 g/mol. The highest BCUT2D eigenvalue weighted by molar-refractivity contribution is 6.12. The lowest BCUT2D eigenvalue weighted by atomic mass is 10.00. The minimum atomic E-state index is -1.03. The van der Waals surface area contributed by atoms with E-state index in [9.17, 15) is 19.5 Å². The normalized spacial score (nSPS) is 11.3. The van der Waals surface area contributed by atoms with Crippen molar-refractivity contribution in [3.05, 3.63) is 162 Å². The Morgan fingerprint density at radius 1 is 0.756 bits per heavy atom. The van der Waals surface area contributed by atoms with E-state index in [0.717, 1.165) is 11.1 Å². The number of pyridine rings is 1. The summed E-state index contributed by atoms with van der Waals surface area (Å²) in [7, 11) is 0. The zero-order valence-corrected chi connectivity index (χ0v) is 24.6. The number of aliphatic carboxylic acids is 1. The quantitative estimate of drug-likeness (QED) is 0.148. The highest BCUT2D eigenvalue weighted by Crippen LogP contribution is 2.22. The van der Waals surface area contributed by atoms with E-state index in [2.05, 4.69) is 10.3 Å². The van der Waals surface area contributed by atoms with Crippen molar-refractivity contribution in [1.29, 1.82) is 0 Å². The van der Waals surface area contributed by atoms with Gasteiger partial charge in [-0.2, -0.15) is 0 Å². The summed E-state index contributed by atoms with van der Waals surface area (Å²) < 4.78 is 5.96. The first-order valence-corrected chi connectivity index (χ1v) is 14.6. The number of carbonyl (C=O) groups excluding carboxylic acids is 2. The lowest BCUT2D eigenvalue weighted by Crippen LogP contribution is -2.34. The predicted octanol–water partition coefficient (Wildman–Crippen LogP) is 6.14. The number of nitrogens with zero attached hydrogens (tertiary/aromatic N) is 2. The summed E-state index contributed by atoms with van der Waals surface area (Å²) >= 11 is 0. The Morgan fingerprint density at radius 2 is 1.42 bits per heavy atom. The monoisotopic (exact) mass is 599 g/mol. The number of ether oxygens (including phenoxy) is 1. The van der Waals surface area contributed by atoms with Gasteiger partial charge in [-0.25, -0.2) is 4.79 Å². The van der Waals surface area contributed by atoms with Crippen molar-refractivity contribution in [3.8, 4) is 5.75 Å². The molecule has 0 aliphatic heterocycles. The van der Waals surface area contributed by atoms with Crippen LogP contribution >= 0.6 is 0 Å². The van der Waals surface area contributed by atoms with Crippen LogP contribution in [0.15, 0.2) is 134 Å². The van der Waals surface area contributed by atoms with Gasteiger partial charge in [-0.3, -0.25) is 14.6 Å². The second-order valence-corrected chi connectivity index (χ2v) is 10.4. The lowest BCUT2D eigenvalue weighted by molar-refractivity contribution is -0.137. The van der Waals surface area contributed by atoms with Crippen molar-refractivity contribution in [2.75, 3.05) is 18.5 Å². The zero-order chi connectivity index (χ0) is 31.4. The fourth-order valence-electron chi connectivity index (χ4n) is 4.88. The van der Waals surface area contributed by atoms with Crippen molar-refractivity contribution >= 4 is 23.3 Å². The molecule has 0 spiro atoms. The van der Waals surface area contributed by atoms with Gasteiger partial charge in [-0.05, 0) is 47.5 Å². The van der Waals surface area contributed by atoms with Crippen LogP contribution in [0.25, 0.3) is 0 Å². The molecule has 0 fully saturated rings. The minimum absolute atomic E-state index is 0.183. The van der Waals surface area contributed by atoms with Gasteiger partial charge in [-0.1, -0.05) is 91.0 Å². The van der Waals surface area contributed by atoms with Gasteiger partial charge in [0.2, 0.25) is 0 Å². The summed E-state index contributed by atoms with van der Waals surface area (Å²) in [5, 5.41) is 13.0. The van der Waals surface area contributed by atoms with Crippen molar-refractivity contribution in [2.45, 2.75) is 19.0 Å². The van der Waals surface area contributed by atoms with E-state index >= 15 is 0 Å². The van der Waals surface area contributed by atoms with Gasteiger partial charge < -0.3 is 20.1 Å². The van der Waals surface area contributed by atoms with Crippen LogP contribution in [0.1, 0.15) is 37.5 Å². The Labute approximate surface area is 262 Å². The molecule has 2 N–H and O–H groups in total. The molecular weight excluding hydrogens is 566 g/mol. The molecule has 8 heteroatoms. The molecule has 1 heterocycles. The van der Waals surface area contributed by atoms with Crippen LogP contribution in [-0.4, -0.2) is 51.8 Å². The third-order valence-corrected chi connectivity index (χ3v) is 7.22. The first-order valence-electron chi connectivity index (χ1n) is 14.6. The molecule has 0 aliphatic rings. The number of ketones is 1. The number of anilines is 1. The van der Waals surface area contributed by atoms with Gasteiger partial charge in [-0.15, -0.1) is 0 Å². The van der Waals surface area contributed by atoms with Gasteiger partial charge in [0.25, 0.3) is 5.91 Å². The van der Waals surface area contributed by atoms with Gasteiger partial charge in [0.05, 0.1) is 6.54 Å². The number of nitrogens with one attached hydrogen (secondary N) is 1. The van der Waals surface area contributed by atoms with Crippen LogP contribution in [-0.2, 0) is 17.8 Å². The van der Waals surface area contributed by atoms with Crippen molar-refractivity contribution < 1.29 is 24.2 Å². The molecule has 45 heavy (non-hydrogen) atoms. The topological polar surface area (TPSA) is 109 Å². The molecule has 8 nitrogen and oxygen atoms in total. The summed E-state index contributed by atoms with van der Waals surface area (Å²) in [5.41, 5.74) is 3.54. The molecule has 0 unspecified atom stereocenters. The number of benzene rings is 4. The van der Waals surface area contributed by atoms with E-state index in [1.165, 1.54) is 0 Å². The molecule has 0 radical (unpaired) electrons. The Bertz CT molecular complexity index is 1710. The van der Waals surface area contributed by atoms with Gasteiger partial charge in [0.15, 0.2) is 5.78 Å². The molecule has 0 saturated carbocycles. The molecular formula is C37H33N3O5. The number of carboxylic acids is 1. The minimum Gasteiger partial charge on any atom is -0.492 e. The number of hydrogen-bond donors (Lipinski definition) is 2. The maximum atomic E-state index is 13.2. The number of carbonyl (C=O) groups is 3. The van der Waals surface area contributed by atoms with Crippen LogP contribution in [0.5, 0.6) is 5.75 Å². The third kappa shape index (κ3) is 8.42. The molecule has 5 rings (SSSR count). The van der Waals surface area contributed by atoms with Crippen LogP contribution < -0.4 is 10.1 Å². The molecule has 0 saturated heterocycles. The fraction of sp³-hybridized carbons (Fsp3) is 0.135. The van der Waals surface area contributed by atoms with E-state index in [1.807, 2.05) is 48.5 Å². The second kappa shape index (κ2) is 15.1. The molecule has 0 bridgehead atoms. The van der Waals surface area contributed by atoms with E-state index in [4.69, 9.17) is 4.74 Å². The highest BCUT2D eigenvalue weighted by Gasteiger charge is 2.22. The van der Waals surface area contributed by atoms with Crippen LogP contribution in [0, 0.1) is 0 Å². The maximum absolute atomic E-state index is 13.2. The second-order valence-electron chi connectivity index (χ2n) is 10.4. The number of rotatable bonds is 14. The largest absolute Gasteiger partial charge is 0.492 e. The standard InChI is InChI=1S/C37H33N3O5/c41-35(29-13-5-2-6-14-29)31-15-7-8-16-32(31)39-34(37(43)44)25-27-18-20-30(21-19-27)45-24-23-40(26-28-11-3-1-4-12-28)36(42)33-17-9-10-22-38-33/h1-22,34,39H,23-26H2,(H,43,44)/t34-/m0/s1. The molecule has 1 atom stereocenters. The number of para-hydroxylation sites is 1. The average Bonchev–Trinajstić information content (AvgIpc) is 3.09. The van der Waals surface area contributed by atoms with E-state index < -0.39 is 12.0 Å². The van der Waals surface area contributed by atoms with Gasteiger partial charge >= 0.3 is 5.97 Å². The number of aromatic nitrogens is 1. The Kier molecular flexibility index (Phi) is 10.3. The molecule has 0 aliphatic carbocycles. The molecule has 226 valence electrons. The van der Waals surface area contributed by atoms with Crippen LogP contribution in [0.4, 0.5) is 5.69 Å². The fourth-order valence-corrected chi connectivity index (χ4v) is 4.88. The number of amides is 1. The summed E-state index contributed by atoms with van der Waals surface area (Å²) in [6.07, 6.45) is 1.78. The first kappa shape index (κ1) is 30.7. The number of hydrogen-bond acceptors (Lipinski definition) is 6.